The molecule has 172 valence electrons. The fourth-order valence-electron chi connectivity index (χ4n) is 4.16. The van der Waals surface area contributed by atoms with Gasteiger partial charge in [0.25, 0.3) is 5.91 Å². The number of rotatable bonds is 6. The largest absolute Gasteiger partial charge is 0.484 e. The maximum absolute atomic E-state index is 13.0. The van der Waals surface area contributed by atoms with E-state index in [1.165, 1.54) is 4.31 Å². The van der Waals surface area contributed by atoms with Gasteiger partial charge in [0, 0.05) is 18.8 Å². The van der Waals surface area contributed by atoms with Crippen LogP contribution < -0.4 is 10.1 Å². The molecule has 1 amide bonds. The van der Waals surface area contributed by atoms with Crippen LogP contribution in [0.25, 0.3) is 10.8 Å². The first-order valence-electron chi connectivity index (χ1n) is 11.1. The summed E-state index contributed by atoms with van der Waals surface area (Å²) < 4.78 is 33.2. The molecule has 0 aromatic heterocycles. The minimum absolute atomic E-state index is 0.121. The number of anilines is 1. The van der Waals surface area contributed by atoms with E-state index in [1.807, 2.05) is 60.7 Å². The van der Waals surface area contributed by atoms with Gasteiger partial charge in [-0.3, -0.25) is 4.79 Å². The summed E-state index contributed by atoms with van der Waals surface area (Å²) in [7, 11) is -3.57. The molecule has 0 fully saturated rings. The van der Waals surface area contributed by atoms with Gasteiger partial charge in [-0.2, -0.15) is 4.31 Å². The van der Waals surface area contributed by atoms with Crippen LogP contribution in [0.1, 0.15) is 11.1 Å². The van der Waals surface area contributed by atoms with Crippen molar-refractivity contribution >= 4 is 32.4 Å². The van der Waals surface area contributed by atoms with Crippen molar-refractivity contribution in [1.29, 1.82) is 0 Å². The second kappa shape index (κ2) is 9.29. The number of ether oxygens (including phenoxy) is 1. The van der Waals surface area contributed by atoms with Gasteiger partial charge in [0.2, 0.25) is 10.0 Å². The maximum Gasteiger partial charge on any atom is 0.262 e. The molecule has 5 rings (SSSR count). The molecule has 4 aromatic rings. The van der Waals surface area contributed by atoms with Crippen LogP contribution in [0.3, 0.4) is 0 Å². The molecule has 1 aliphatic heterocycles. The lowest BCUT2D eigenvalue weighted by molar-refractivity contribution is -0.118. The summed E-state index contributed by atoms with van der Waals surface area (Å²) in [5.74, 6) is 0.346. The third kappa shape index (κ3) is 4.66. The number of nitrogens with one attached hydrogen (secondary N) is 1. The number of benzene rings is 4. The summed E-state index contributed by atoms with van der Waals surface area (Å²) >= 11 is 0. The molecule has 1 N–H and O–H groups in total. The van der Waals surface area contributed by atoms with Crippen LogP contribution in [0.15, 0.2) is 95.9 Å². The highest BCUT2D eigenvalue weighted by Crippen LogP contribution is 2.27. The van der Waals surface area contributed by atoms with Gasteiger partial charge in [-0.15, -0.1) is 0 Å². The number of hydrogen-bond acceptors (Lipinski definition) is 4. The molecular weight excluding hydrogens is 448 g/mol. The van der Waals surface area contributed by atoms with Gasteiger partial charge in [0.05, 0.1) is 4.90 Å². The second-order valence-electron chi connectivity index (χ2n) is 8.23. The van der Waals surface area contributed by atoms with Crippen LogP contribution in [0, 0.1) is 0 Å². The van der Waals surface area contributed by atoms with E-state index in [1.54, 1.807) is 30.3 Å². The number of amides is 1. The Hall–Kier alpha value is -3.68. The van der Waals surface area contributed by atoms with Crippen molar-refractivity contribution in [2.45, 2.75) is 17.9 Å². The van der Waals surface area contributed by atoms with Crippen molar-refractivity contribution < 1.29 is 17.9 Å². The van der Waals surface area contributed by atoms with Crippen LogP contribution in [0.2, 0.25) is 0 Å². The van der Waals surface area contributed by atoms with Crippen molar-refractivity contribution in [1.82, 2.24) is 4.31 Å². The van der Waals surface area contributed by atoms with Gasteiger partial charge >= 0.3 is 0 Å². The second-order valence-corrected chi connectivity index (χ2v) is 10.2. The zero-order valence-corrected chi connectivity index (χ0v) is 19.3. The van der Waals surface area contributed by atoms with Crippen LogP contribution in [-0.4, -0.2) is 31.8 Å². The van der Waals surface area contributed by atoms with E-state index in [4.69, 9.17) is 4.74 Å². The topological polar surface area (TPSA) is 75.7 Å². The first-order valence-corrected chi connectivity index (χ1v) is 12.5. The molecule has 0 atom stereocenters. The van der Waals surface area contributed by atoms with E-state index in [0.29, 0.717) is 24.4 Å². The summed E-state index contributed by atoms with van der Waals surface area (Å²) in [6.45, 7) is 0.573. The zero-order chi connectivity index (χ0) is 23.5. The zero-order valence-electron chi connectivity index (χ0n) is 18.5. The lowest BCUT2D eigenvalue weighted by Gasteiger charge is -2.28. The van der Waals surface area contributed by atoms with Crippen molar-refractivity contribution in [2.24, 2.45) is 0 Å². The minimum atomic E-state index is -3.57. The summed E-state index contributed by atoms with van der Waals surface area (Å²) in [5.41, 5.74) is 2.59. The third-order valence-electron chi connectivity index (χ3n) is 5.94. The predicted molar refractivity (Wildman–Crippen MR) is 132 cm³/mol. The summed E-state index contributed by atoms with van der Waals surface area (Å²) in [6.07, 6.45) is 0.626. The highest BCUT2D eigenvalue weighted by atomic mass is 32.2. The molecule has 0 spiro atoms. The van der Waals surface area contributed by atoms with Gasteiger partial charge in [0.15, 0.2) is 6.61 Å². The van der Waals surface area contributed by atoms with Crippen LogP contribution in [0.5, 0.6) is 5.75 Å². The van der Waals surface area contributed by atoms with Gasteiger partial charge in [-0.1, -0.05) is 54.6 Å². The summed E-state index contributed by atoms with van der Waals surface area (Å²) in [6, 6.07) is 27.7. The van der Waals surface area contributed by atoms with E-state index >= 15 is 0 Å². The first-order chi connectivity index (χ1) is 16.5. The molecule has 0 bridgehead atoms. The molecule has 0 radical (unpaired) electrons. The van der Waals surface area contributed by atoms with Crippen LogP contribution >= 0.6 is 0 Å². The van der Waals surface area contributed by atoms with Crippen molar-refractivity contribution in [2.75, 3.05) is 18.5 Å². The Bertz CT molecular complexity index is 1450. The normalized spacial score (nSPS) is 13.9. The Kier molecular flexibility index (Phi) is 6.04. The van der Waals surface area contributed by atoms with Crippen molar-refractivity contribution in [3.63, 3.8) is 0 Å². The molecule has 34 heavy (non-hydrogen) atoms. The summed E-state index contributed by atoms with van der Waals surface area (Å²) in [5, 5.41) is 5.01. The van der Waals surface area contributed by atoms with Gasteiger partial charge in [0.1, 0.15) is 5.75 Å². The average molecular weight is 473 g/mol. The Labute approximate surface area is 198 Å². The number of carbonyl (C=O) groups is 1. The van der Waals surface area contributed by atoms with Crippen molar-refractivity contribution in [3.05, 3.63) is 102 Å². The molecule has 0 saturated heterocycles. The Morgan fingerprint density at radius 3 is 2.44 bits per heavy atom. The number of nitrogens with zero attached hydrogens (tertiary/aromatic N) is 1. The number of sulfonamides is 1. The van der Waals surface area contributed by atoms with E-state index in [9.17, 15) is 13.2 Å². The molecule has 0 aliphatic carbocycles. The number of fused-ring (bicyclic) bond motifs is 2. The highest BCUT2D eigenvalue weighted by molar-refractivity contribution is 7.89. The SMILES string of the molecule is O=C(COc1ccc2ccccc2c1)Nc1ccc2c(c1)CN(S(=O)(=O)c1ccccc1)CC2. The number of carbonyl (C=O) groups excluding carboxylic acids is 1. The maximum atomic E-state index is 13.0. The molecule has 7 heteroatoms. The van der Waals surface area contributed by atoms with Gasteiger partial charge in [-0.05, 0) is 64.7 Å². The van der Waals surface area contributed by atoms with E-state index in [0.717, 1.165) is 21.9 Å². The minimum Gasteiger partial charge on any atom is -0.484 e. The average Bonchev–Trinajstić information content (AvgIpc) is 2.87. The van der Waals surface area contributed by atoms with Crippen LogP contribution in [-0.2, 0) is 27.8 Å². The van der Waals surface area contributed by atoms with Crippen LogP contribution in [0.4, 0.5) is 5.69 Å². The molecular formula is C27H24N2O4S. The fraction of sp³-hybridized carbons (Fsp3) is 0.148. The number of hydrogen-bond donors (Lipinski definition) is 1. The third-order valence-corrected chi connectivity index (χ3v) is 7.80. The lowest BCUT2D eigenvalue weighted by atomic mass is 10.0. The molecule has 4 aromatic carbocycles. The standard InChI is InChI=1S/C27H24N2O4S/c30-27(19-33-25-13-11-20-6-4-5-7-22(20)17-25)28-24-12-10-21-14-15-29(18-23(21)16-24)34(31,32)26-8-2-1-3-9-26/h1-13,16-17H,14-15,18-19H2,(H,28,30). The Morgan fingerprint density at radius 1 is 0.853 bits per heavy atom. The first kappa shape index (κ1) is 22.1. The molecule has 1 aliphatic rings. The molecule has 0 unspecified atom stereocenters. The molecule has 1 heterocycles. The molecule has 6 nitrogen and oxygen atoms in total. The fourth-order valence-corrected chi connectivity index (χ4v) is 5.60. The quantitative estimate of drug-likeness (QED) is 0.445. The highest BCUT2D eigenvalue weighted by Gasteiger charge is 2.28. The van der Waals surface area contributed by atoms with E-state index < -0.39 is 10.0 Å². The lowest BCUT2D eigenvalue weighted by Crippen LogP contribution is -2.36. The smallest absolute Gasteiger partial charge is 0.262 e. The monoisotopic (exact) mass is 472 g/mol. The van der Waals surface area contributed by atoms with E-state index in [2.05, 4.69) is 5.32 Å². The van der Waals surface area contributed by atoms with E-state index in [-0.39, 0.29) is 24.0 Å². The molecule has 0 saturated carbocycles. The Balaban J connectivity index is 1.24. The summed E-state index contributed by atoms with van der Waals surface area (Å²) in [4.78, 5) is 12.8. The van der Waals surface area contributed by atoms with Gasteiger partial charge in [-0.25, -0.2) is 8.42 Å². The Morgan fingerprint density at radius 2 is 1.62 bits per heavy atom. The van der Waals surface area contributed by atoms with Gasteiger partial charge < -0.3 is 10.1 Å². The predicted octanol–water partition coefficient (Wildman–Crippen LogP) is 4.60. The van der Waals surface area contributed by atoms with Crippen molar-refractivity contribution in [3.8, 4) is 5.75 Å².